The number of benzene rings is 1. The van der Waals surface area contributed by atoms with Crippen molar-refractivity contribution in [3.8, 4) is 0 Å². The monoisotopic (exact) mass is 453 g/mol. The molecular weight excluding hydrogens is 427 g/mol. The molecule has 0 aromatic heterocycles. The molecule has 0 unspecified atom stereocenters. The SMILES string of the molecule is CS(=O)(=O)NC[C@@H]1O[C@@H](CO)[C@@H](O)[C@H]1N1CCN(c2cccc(C(F)(F)F)c2)CC1. The Balaban J connectivity index is 1.68. The summed E-state index contributed by atoms with van der Waals surface area (Å²) in [6, 6.07) is 4.60. The van der Waals surface area contributed by atoms with E-state index in [0.29, 0.717) is 31.9 Å². The number of piperazine rings is 1. The molecule has 2 fully saturated rings. The Morgan fingerprint density at radius 2 is 1.87 bits per heavy atom. The van der Waals surface area contributed by atoms with Crippen molar-refractivity contribution in [2.45, 2.75) is 30.5 Å². The summed E-state index contributed by atoms with van der Waals surface area (Å²) in [5.74, 6) is 0. The summed E-state index contributed by atoms with van der Waals surface area (Å²) in [5.41, 5.74) is -0.240. The maximum absolute atomic E-state index is 13.0. The molecule has 0 spiro atoms. The first-order valence-electron chi connectivity index (χ1n) is 9.55. The van der Waals surface area contributed by atoms with E-state index in [4.69, 9.17) is 4.74 Å². The second kappa shape index (κ2) is 8.97. The first-order valence-corrected chi connectivity index (χ1v) is 11.4. The van der Waals surface area contributed by atoms with Crippen LogP contribution in [0, 0.1) is 0 Å². The second-order valence-corrected chi connectivity index (χ2v) is 9.40. The van der Waals surface area contributed by atoms with Crippen molar-refractivity contribution in [2.24, 2.45) is 0 Å². The molecule has 2 aliphatic rings. The van der Waals surface area contributed by atoms with Crippen LogP contribution in [0.3, 0.4) is 0 Å². The van der Waals surface area contributed by atoms with Gasteiger partial charge in [-0.15, -0.1) is 0 Å². The van der Waals surface area contributed by atoms with Gasteiger partial charge in [0.1, 0.15) is 12.2 Å². The molecule has 1 aromatic carbocycles. The van der Waals surface area contributed by atoms with Crippen molar-refractivity contribution in [1.82, 2.24) is 9.62 Å². The predicted molar refractivity (Wildman–Crippen MR) is 104 cm³/mol. The number of sulfonamides is 1. The number of hydrogen-bond donors (Lipinski definition) is 3. The van der Waals surface area contributed by atoms with E-state index >= 15 is 0 Å². The zero-order valence-electron chi connectivity index (χ0n) is 16.4. The van der Waals surface area contributed by atoms with Crippen LogP contribution in [0.5, 0.6) is 0 Å². The zero-order chi connectivity index (χ0) is 22.1. The number of rotatable bonds is 6. The molecule has 4 atom stereocenters. The number of nitrogens with one attached hydrogen (secondary N) is 1. The van der Waals surface area contributed by atoms with Crippen molar-refractivity contribution in [1.29, 1.82) is 0 Å². The lowest BCUT2D eigenvalue weighted by Gasteiger charge is -2.41. The Hall–Kier alpha value is -1.44. The number of aliphatic hydroxyl groups is 2. The summed E-state index contributed by atoms with van der Waals surface area (Å²) in [7, 11) is -3.46. The molecule has 0 bridgehead atoms. The average molecular weight is 453 g/mol. The smallest absolute Gasteiger partial charge is 0.394 e. The van der Waals surface area contributed by atoms with Crippen LogP contribution in [0.15, 0.2) is 24.3 Å². The Kier molecular flexibility index (Phi) is 6.94. The number of halogens is 3. The summed E-state index contributed by atoms with van der Waals surface area (Å²) < 4.78 is 69.8. The maximum Gasteiger partial charge on any atom is 0.416 e. The van der Waals surface area contributed by atoms with Gasteiger partial charge in [-0.05, 0) is 18.2 Å². The van der Waals surface area contributed by atoms with E-state index in [1.807, 2.05) is 9.80 Å². The molecule has 1 aromatic rings. The summed E-state index contributed by atoms with van der Waals surface area (Å²) in [4.78, 5) is 3.76. The highest BCUT2D eigenvalue weighted by Gasteiger charge is 2.46. The Labute approximate surface area is 173 Å². The summed E-state index contributed by atoms with van der Waals surface area (Å²) in [6.07, 6.45) is -5.90. The molecule has 12 heteroatoms. The Bertz CT molecular complexity index is 831. The molecule has 2 aliphatic heterocycles. The van der Waals surface area contributed by atoms with E-state index in [1.165, 1.54) is 6.07 Å². The van der Waals surface area contributed by atoms with Crippen LogP contribution in [-0.4, -0.2) is 93.5 Å². The van der Waals surface area contributed by atoms with Crippen molar-refractivity contribution >= 4 is 15.7 Å². The minimum Gasteiger partial charge on any atom is -0.394 e. The second-order valence-electron chi connectivity index (χ2n) is 7.57. The van der Waals surface area contributed by atoms with Crippen LogP contribution in [0.1, 0.15) is 5.56 Å². The molecule has 8 nitrogen and oxygen atoms in total. The average Bonchev–Trinajstić information content (AvgIpc) is 3.01. The van der Waals surface area contributed by atoms with Crippen molar-refractivity contribution in [2.75, 3.05) is 50.5 Å². The summed E-state index contributed by atoms with van der Waals surface area (Å²) in [5, 5.41) is 20.0. The highest BCUT2D eigenvalue weighted by molar-refractivity contribution is 7.88. The van der Waals surface area contributed by atoms with E-state index < -0.39 is 52.7 Å². The Morgan fingerprint density at radius 3 is 2.43 bits per heavy atom. The van der Waals surface area contributed by atoms with Crippen molar-refractivity contribution in [3.63, 3.8) is 0 Å². The van der Waals surface area contributed by atoms with E-state index in [9.17, 15) is 31.8 Å². The molecule has 0 radical (unpaired) electrons. The normalized spacial score (nSPS) is 28.8. The number of anilines is 1. The number of hydrogen-bond acceptors (Lipinski definition) is 7. The third-order valence-corrected chi connectivity index (χ3v) is 6.15. The van der Waals surface area contributed by atoms with Gasteiger partial charge in [-0.1, -0.05) is 6.07 Å². The van der Waals surface area contributed by atoms with Crippen LogP contribution >= 0.6 is 0 Å². The van der Waals surface area contributed by atoms with Crippen molar-refractivity contribution in [3.05, 3.63) is 29.8 Å². The van der Waals surface area contributed by atoms with Gasteiger partial charge >= 0.3 is 6.18 Å². The number of aliphatic hydroxyl groups excluding tert-OH is 2. The van der Waals surface area contributed by atoms with Gasteiger partial charge in [-0.3, -0.25) is 4.90 Å². The Morgan fingerprint density at radius 1 is 1.20 bits per heavy atom. The van der Waals surface area contributed by atoms with Crippen LogP contribution in [0.4, 0.5) is 18.9 Å². The maximum atomic E-state index is 13.0. The molecule has 2 saturated heterocycles. The first kappa shape index (κ1) is 23.2. The van der Waals surface area contributed by atoms with Crippen LogP contribution in [0.2, 0.25) is 0 Å². The molecule has 2 heterocycles. The van der Waals surface area contributed by atoms with E-state index in [2.05, 4.69) is 4.72 Å². The third-order valence-electron chi connectivity index (χ3n) is 5.46. The van der Waals surface area contributed by atoms with Gasteiger partial charge in [0.05, 0.1) is 30.6 Å². The highest BCUT2D eigenvalue weighted by Crippen LogP contribution is 2.32. The topological polar surface area (TPSA) is 102 Å². The molecule has 0 aliphatic carbocycles. The van der Waals surface area contributed by atoms with E-state index in [0.717, 1.165) is 18.4 Å². The molecule has 30 heavy (non-hydrogen) atoms. The standard InChI is InChI=1S/C18H26F3N3O5S/c1-30(27,28)22-10-14-16(17(26)15(11-25)29-14)24-7-5-23(6-8-24)13-4-2-3-12(9-13)18(19,20)21/h2-4,9,14-17,22,25-26H,5-8,10-11H2,1H3/t14-,15-,16-,17+/m0/s1. The lowest BCUT2D eigenvalue weighted by molar-refractivity contribution is -0.137. The molecular formula is C18H26F3N3O5S. The molecule has 0 saturated carbocycles. The molecule has 3 N–H and O–H groups in total. The fourth-order valence-corrected chi connectivity index (χ4v) is 4.45. The first-order chi connectivity index (χ1) is 14.0. The number of nitrogens with zero attached hydrogens (tertiary/aromatic N) is 2. The number of alkyl halides is 3. The van der Waals surface area contributed by atoms with Gasteiger partial charge < -0.3 is 19.8 Å². The summed E-state index contributed by atoms with van der Waals surface area (Å²) in [6.45, 7) is 1.28. The van der Waals surface area contributed by atoms with Gasteiger partial charge in [0, 0.05) is 38.4 Å². The fraction of sp³-hybridized carbons (Fsp3) is 0.667. The minimum absolute atomic E-state index is 0.0507. The van der Waals surface area contributed by atoms with Gasteiger partial charge in [0.25, 0.3) is 0 Å². The highest BCUT2D eigenvalue weighted by atomic mass is 32.2. The zero-order valence-corrected chi connectivity index (χ0v) is 17.2. The number of ether oxygens (including phenoxy) is 1. The van der Waals surface area contributed by atoms with Crippen molar-refractivity contribution < 1.29 is 36.5 Å². The summed E-state index contributed by atoms with van der Waals surface area (Å²) >= 11 is 0. The van der Waals surface area contributed by atoms with Gasteiger partial charge in [-0.25, -0.2) is 13.1 Å². The lowest BCUT2D eigenvalue weighted by atomic mass is 10.0. The van der Waals surface area contributed by atoms with Gasteiger partial charge in [-0.2, -0.15) is 13.2 Å². The van der Waals surface area contributed by atoms with E-state index in [-0.39, 0.29) is 6.54 Å². The third kappa shape index (κ3) is 5.42. The minimum atomic E-state index is -4.41. The quantitative estimate of drug-likeness (QED) is 0.551. The molecule has 0 amide bonds. The fourth-order valence-electron chi connectivity index (χ4n) is 3.99. The lowest BCUT2D eigenvalue weighted by Crippen LogP contribution is -2.57. The van der Waals surface area contributed by atoms with Crippen LogP contribution < -0.4 is 9.62 Å². The van der Waals surface area contributed by atoms with E-state index in [1.54, 1.807) is 6.07 Å². The molecule has 3 rings (SSSR count). The van der Waals surface area contributed by atoms with Crippen LogP contribution in [0.25, 0.3) is 0 Å². The van der Waals surface area contributed by atoms with Crippen LogP contribution in [-0.2, 0) is 20.9 Å². The predicted octanol–water partition coefficient (Wildman–Crippen LogP) is -0.134. The van der Waals surface area contributed by atoms with Gasteiger partial charge in [0.15, 0.2) is 0 Å². The van der Waals surface area contributed by atoms with Gasteiger partial charge in [0.2, 0.25) is 10.0 Å². The largest absolute Gasteiger partial charge is 0.416 e. The molecule has 170 valence electrons.